The molecule has 1 aromatic carbocycles. The van der Waals surface area contributed by atoms with Crippen molar-refractivity contribution in [3.63, 3.8) is 0 Å². The summed E-state index contributed by atoms with van der Waals surface area (Å²) in [5.41, 5.74) is 5.04. The van der Waals surface area contributed by atoms with Gasteiger partial charge in [0.05, 0.1) is 28.0 Å². The molecular formula is C29H32N4O4S. The van der Waals surface area contributed by atoms with Crippen LogP contribution in [0.25, 0.3) is 11.4 Å². The molecule has 38 heavy (non-hydrogen) atoms. The van der Waals surface area contributed by atoms with E-state index in [0.29, 0.717) is 29.0 Å². The summed E-state index contributed by atoms with van der Waals surface area (Å²) in [6, 6.07) is 15.8. The minimum atomic E-state index is -3.20. The summed E-state index contributed by atoms with van der Waals surface area (Å²) in [4.78, 5) is 8.71. The molecule has 2 aliphatic rings. The number of nitrogens with one attached hydrogen (secondary N) is 1. The number of hydrogen-bond donors (Lipinski definition) is 1. The first kappa shape index (κ1) is 25.0. The number of aromatic amines is 1. The summed E-state index contributed by atoms with van der Waals surface area (Å²) in [7, 11) is -3.20. The monoisotopic (exact) mass is 532 g/mol. The van der Waals surface area contributed by atoms with Gasteiger partial charge in [-0.3, -0.25) is 4.98 Å². The maximum atomic E-state index is 12.7. The number of rotatable bonds is 9. The van der Waals surface area contributed by atoms with Gasteiger partial charge in [-0.05, 0) is 79.5 Å². The average molecular weight is 533 g/mol. The lowest BCUT2D eigenvalue weighted by Gasteiger charge is -2.27. The molecule has 3 aromatic heterocycles. The van der Waals surface area contributed by atoms with Crippen molar-refractivity contribution in [3.8, 4) is 11.4 Å². The lowest BCUT2D eigenvalue weighted by molar-refractivity contribution is 0.0626. The molecule has 9 heteroatoms. The van der Waals surface area contributed by atoms with Gasteiger partial charge in [-0.15, -0.1) is 10.2 Å². The molecule has 1 atom stereocenters. The smallest absolute Gasteiger partial charge is 0.220 e. The van der Waals surface area contributed by atoms with Gasteiger partial charge in [-0.25, -0.2) is 8.42 Å². The van der Waals surface area contributed by atoms with Crippen LogP contribution < -0.4 is 0 Å². The third-order valence-corrected chi connectivity index (χ3v) is 9.87. The third kappa shape index (κ3) is 5.44. The molecule has 8 nitrogen and oxygen atoms in total. The van der Waals surface area contributed by atoms with E-state index in [1.54, 1.807) is 19.1 Å². The molecule has 1 unspecified atom stereocenters. The number of nitrogens with zero attached hydrogens (tertiary/aromatic N) is 3. The molecule has 1 saturated carbocycles. The van der Waals surface area contributed by atoms with Gasteiger partial charge < -0.3 is 14.1 Å². The Kier molecular flexibility index (Phi) is 6.88. The molecule has 1 aliphatic carbocycles. The number of H-pyrrole nitrogens is 1. The van der Waals surface area contributed by atoms with Crippen LogP contribution >= 0.6 is 0 Å². The average Bonchev–Trinajstić information content (AvgIpc) is 3.57. The van der Waals surface area contributed by atoms with Crippen LogP contribution in [-0.2, 0) is 21.0 Å². The van der Waals surface area contributed by atoms with E-state index in [9.17, 15) is 8.42 Å². The van der Waals surface area contributed by atoms with E-state index in [4.69, 9.17) is 9.15 Å². The van der Waals surface area contributed by atoms with Crippen molar-refractivity contribution in [3.05, 3.63) is 83.3 Å². The zero-order chi connectivity index (χ0) is 26.1. The summed E-state index contributed by atoms with van der Waals surface area (Å²) in [5, 5.41) is 7.74. The van der Waals surface area contributed by atoms with Gasteiger partial charge in [0.25, 0.3) is 0 Å². The maximum absolute atomic E-state index is 12.7. The molecule has 0 amide bonds. The highest BCUT2D eigenvalue weighted by molar-refractivity contribution is 7.92. The first-order valence-corrected chi connectivity index (χ1v) is 14.8. The van der Waals surface area contributed by atoms with Crippen LogP contribution in [0.5, 0.6) is 0 Å². The first-order valence-electron chi connectivity index (χ1n) is 13.3. The van der Waals surface area contributed by atoms with Crippen LogP contribution in [-0.4, -0.2) is 47.0 Å². The zero-order valence-electron chi connectivity index (χ0n) is 21.5. The molecule has 0 radical (unpaired) electrons. The van der Waals surface area contributed by atoms with E-state index in [1.807, 2.05) is 30.5 Å². The molecule has 2 fully saturated rings. The molecule has 4 heterocycles. The lowest BCUT2D eigenvalue weighted by Crippen LogP contribution is -2.19. The highest BCUT2D eigenvalue weighted by Crippen LogP contribution is 2.37. The minimum Gasteiger partial charge on any atom is -0.425 e. The Bertz CT molecular complexity index is 1480. The van der Waals surface area contributed by atoms with Crippen molar-refractivity contribution < 1.29 is 17.6 Å². The summed E-state index contributed by atoms with van der Waals surface area (Å²) in [5.74, 6) is 1.81. The fraction of sp³-hybridized carbons (Fsp3) is 0.414. The highest BCUT2D eigenvalue weighted by atomic mass is 32.2. The summed E-state index contributed by atoms with van der Waals surface area (Å²) < 4.78 is 36.5. The highest BCUT2D eigenvalue weighted by Gasteiger charge is 2.37. The van der Waals surface area contributed by atoms with E-state index in [2.05, 4.69) is 32.3 Å². The third-order valence-electron chi connectivity index (χ3n) is 7.59. The van der Waals surface area contributed by atoms with Crippen molar-refractivity contribution in [1.82, 2.24) is 20.2 Å². The van der Waals surface area contributed by atoms with Crippen LogP contribution in [0.1, 0.15) is 66.6 Å². The Morgan fingerprint density at radius 3 is 2.42 bits per heavy atom. The molecule has 6 rings (SSSR count). The predicted molar refractivity (Wildman–Crippen MR) is 143 cm³/mol. The van der Waals surface area contributed by atoms with Crippen molar-refractivity contribution in [1.29, 1.82) is 0 Å². The number of pyridine rings is 1. The van der Waals surface area contributed by atoms with Gasteiger partial charge in [0.1, 0.15) is 0 Å². The van der Waals surface area contributed by atoms with E-state index >= 15 is 0 Å². The Labute approximate surface area is 222 Å². The Hall–Kier alpha value is -3.30. The maximum Gasteiger partial charge on any atom is 0.220 e. The van der Waals surface area contributed by atoms with Gasteiger partial charge in [-0.2, -0.15) is 0 Å². The molecular weight excluding hydrogens is 500 g/mol. The first-order chi connectivity index (χ1) is 18.5. The predicted octanol–water partition coefficient (Wildman–Crippen LogP) is 5.24. The van der Waals surface area contributed by atoms with Crippen molar-refractivity contribution in [2.24, 2.45) is 5.92 Å². The summed E-state index contributed by atoms with van der Waals surface area (Å²) in [6.45, 7) is 3.37. The topological polar surface area (TPSA) is 111 Å². The second-order valence-electron chi connectivity index (χ2n) is 10.4. The van der Waals surface area contributed by atoms with E-state index in [1.165, 1.54) is 0 Å². The van der Waals surface area contributed by atoms with Gasteiger partial charge in [0.15, 0.2) is 9.84 Å². The molecule has 1 saturated heterocycles. The van der Waals surface area contributed by atoms with E-state index in [-0.39, 0.29) is 11.2 Å². The fourth-order valence-electron chi connectivity index (χ4n) is 5.26. The second kappa shape index (κ2) is 10.5. The Morgan fingerprint density at radius 1 is 0.974 bits per heavy atom. The Balaban J connectivity index is 1.24. The van der Waals surface area contributed by atoms with Gasteiger partial charge in [0.2, 0.25) is 11.8 Å². The molecule has 1 aliphatic heterocycles. The number of benzene rings is 1. The Morgan fingerprint density at radius 2 is 1.76 bits per heavy atom. The number of aromatic nitrogens is 4. The molecule has 0 bridgehead atoms. The van der Waals surface area contributed by atoms with Crippen molar-refractivity contribution in [2.75, 3.05) is 13.2 Å². The second-order valence-corrected chi connectivity index (χ2v) is 12.7. The molecule has 1 N–H and O–H groups in total. The van der Waals surface area contributed by atoms with Crippen LogP contribution in [0.15, 0.2) is 64.0 Å². The van der Waals surface area contributed by atoms with E-state index in [0.717, 1.165) is 73.5 Å². The summed E-state index contributed by atoms with van der Waals surface area (Å²) >= 11 is 0. The number of sulfone groups is 1. The molecule has 0 spiro atoms. The standard InChI is InChI=1S/C29H32N4O4S/c1-19-32-33-29(37-19)17-21-2-9-27(30-18-21)28-11-10-26(31-28)25(16-20-12-14-36-15-13-20)22-3-5-23(6-4-22)38(34,35)24-7-8-24/h2-6,9-11,18,20,24-25,31H,7-8,12-17H2,1H3. The van der Waals surface area contributed by atoms with Crippen molar-refractivity contribution >= 4 is 9.84 Å². The SMILES string of the molecule is Cc1nnc(Cc2ccc(-c3ccc(C(CC4CCOCC4)c4ccc(S(=O)(=O)C5CC5)cc4)[nH]3)nc2)o1. The fourth-order valence-corrected chi connectivity index (χ4v) is 6.91. The minimum absolute atomic E-state index is 0.129. The molecule has 4 aromatic rings. The normalized spacial score (nSPS) is 17.5. The van der Waals surface area contributed by atoms with Crippen LogP contribution in [0.4, 0.5) is 0 Å². The summed E-state index contributed by atoms with van der Waals surface area (Å²) in [6.07, 6.45) is 6.99. The number of ether oxygens (including phenoxy) is 1. The van der Waals surface area contributed by atoms with Crippen molar-refractivity contribution in [2.45, 2.75) is 61.5 Å². The number of aryl methyl sites for hydroxylation is 1. The largest absolute Gasteiger partial charge is 0.425 e. The quantitative estimate of drug-likeness (QED) is 0.314. The van der Waals surface area contributed by atoms with Crippen LogP contribution in [0.3, 0.4) is 0 Å². The van der Waals surface area contributed by atoms with Gasteiger partial charge in [0, 0.05) is 37.9 Å². The zero-order valence-corrected chi connectivity index (χ0v) is 22.3. The van der Waals surface area contributed by atoms with Gasteiger partial charge >= 0.3 is 0 Å². The van der Waals surface area contributed by atoms with E-state index < -0.39 is 9.84 Å². The number of hydrogen-bond acceptors (Lipinski definition) is 7. The molecule has 198 valence electrons. The lowest BCUT2D eigenvalue weighted by atomic mass is 9.83. The van der Waals surface area contributed by atoms with Crippen LogP contribution in [0, 0.1) is 12.8 Å². The van der Waals surface area contributed by atoms with Crippen LogP contribution in [0.2, 0.25) is 0 Å². The van der Waals surface area contributed by atoms with Gasteiger partial charge in [-0.1, -0.05) is 18.2 Å².